The topological polar surface area (TPSA) is 260 Å². The Hall–Kier alpha value is -7.45. The zero-order chi connectivity index (χ0) is 51.6. The number of rotatable bonds is 23. The number of benzene rings is 4. The number of unbranched alkanes of at least 4 members (excludes halogenated alkanes) is 2. The normalized spacial score (nSPS) is 16.0. The summed E-state index contributed by atoms with van der Waals surface area (Å²) in [5.41, 5.74) is 4.25. The molecule has 4 aromatic carbocycles. The van der Waals surface area contributed by atoms with Crippen molar-refractivity contribution in [2.75, 3.05) is 28.0 Å². The third-order valence-corrected chi connectivity index (χ3v) is 13.0. The van der Waals surface area contributed by atoms with Crippen LogP contribution in [-0.4, -0.2) is 85.4 Å². The van der Waals surface area contributed by atoms with Crippen molar-refractivity contribution in [2.45, 2.75) is 116 Å². The quantitative estimate of drug-likeness (QED) is 0.0247. The molecule has 378 valence electrons. The zero-order valence-corrected chi connectivity index (χ0v) is 41.4. The number of anilines is 4. The van der Waals surface area contributed by atoms with Crippen molar-refractivity contribution >= 4 is 68.7 Å². The average molecular weight is 996 g/mol. The second-order valence-electron chi connectivity index (χ2n) is 17.6. The molecule has 6 rings (SSSR count). The number of hydrogen-bond acceptors (Lipinski definition) is 13. The molecule has 0 spiro atoms. The van der Waals surface area contributed by atoms with Crippen LogP contribution in [-0.2, 0) is 48.9 Å². The van der Waals surface area contributed by atoms with E-state index in [4.69, 9.17) is 14.2 Å². The van der Waals surface area contributed by atoms with E-state index in [1.807, 2.05) is 13.8 Å². The van der Waals surface area contributed by atoms with E-state index in [9.17, 15) is 41.7 Å². The largest absolute Gasteiger partial charge is 0.493 e. The van der Waals surface area contributed by atoms with Gasteiger partial charge < -0.3 is 55.8 Å². The highest BCUT2D eigenvalue weighted by Gasteiger charge is 2.47. The van der Waals surface area contributed by atoms with Crippen LogP contribution in [0.4, 0.5) is 22.7 Å². The monoisotopic (exact) mass is 995 g/mol. The summed E-state index contributed by atoms with van der Waals surface area (Å²) in [6.07, 6.45) is 3.25. The van der Waals surface area contributed by atoms with Crippen molar-refractivity contribution in [1.82, 2.24) is 16.0 Å². The van der Waals surface area contributed by atoms with Crippen LogP contribution in [0.2, 0.25) is 0 Å². The fourth-order valence-electron chi connectivity index (χ4n) is 8.13. The maximum Gasteiger partial charge on any atom is 0.288 e. The molecule has 20 heteroatoms. The summed E-state index contributed by atoms with van der Waals surface area (Å²) in [6, 6.07) is 17.1. The Bertz CT molecular complexity index is 2800. The Balaban J connectivity index is 1.26. The van der Waals surface area contributed by atoms with Gasteiger partial charge in [0.25, 0.3) is 21.9 Å². The number of methoxy groups -OCH3 is 1. The summed E-state index contributed by atoms with van der Waals surface area (Å²) >= 11 is 0. The van der Waals surface area contributed by atoms with Crippen LogP contribution in [0.15, 0.2) is 85.1 Å². The standard InChI is InChI=1S/C51H61N7O12S/c1-8-30(4)53-40-24-37(17-18-38(40)49(63)52-29(2)3)69-27-33-20-34(22-36(21-33)56-48(62)32(6)55-47(61)31(5)54-46(60)16-10-9-13-19-59)28-70-45-26-41-39(25-44(45)68-7)51(64)58-42-15-12-11-14-35(42)23-43(58)50(57-41)71(65,66)67/h11-12,14-15,17-22,24-26,30-32,43,50,53,57H,2,8-10,13,16,23,27-28H2,1,3-7H3,(H,52,63)(H,54,60)(H,55,61)(H,56,62)(H,65,66,67)/t30?,31-,32-,43-,50?/m0/s1. The molecule has 7 N–H and O–H groups in total. The number of nitrogens with one attached hydrogen (secondary N) is 6. The van der Waals surface area contributed by atoms with Crippen LogP contribution >= 0.6 is 0 Å². The zero-order valence-electron chi connectivity index (χ0n) is 40.5. The Morgan fingerprint density at radius 3 is 2.30 bits per heavy atom. The predicted octanol–water partition coefficient (Wildman–Crippen LogP) is 6.25. The molecule has 2 heterocycles. The lowest BCUT2D eigenvalue weighted by Gasteiger charge is -2.27. The molecule has 0 aliphatic carbocycles. The fraction of sp³-hybridized carbons (Fsp3) is 0.373. The third-order valence-electron chi connectivity index (χ3n) is 11.9. The fourth-order valence-corrected chi connectivity index (χ4v) is 9.02. The van der Waals surface area contributed by atoms with E-state index in [1.54, 1.807) is 67.6 Å². The van der Waals surface area contributed by atoms with E-state index >= 15 is 0 Å². The van der Waals surface area contributed by atoms with Gasteiger partial charge in [0.2, 0.25) is 17.7 Å². The van der Waals surface area contributed by atoms with Crippen molar-refractivity contribution in [3.63, 3.8) is 0 Å². The highest BCUT2D eigenvalue weighted by Crippen LogP contribution is 2.43. The highest BCUT2D eigenvalue weighted by atomic mass is 32.2. The van der Waals surface area contributed by atoms with Gasteiger partial charge in [-0.15, -0.1) is 0 Å². The first kappa shape index (κ1) is 52.9. The first-order chi connectivity index (χ1) is 33.8. The van der Waals surface area contributed by atoms with Crippen LogP contribution in [0.3, 0.4) is 0 Å². The molecule has 0 saturated carbocycles. The number of amides is 5. The molecule has 2 aliphatic heterocycles. The van der Waals surface area contributed by atoms with Crippen molar-refractivity contribution in [1.29, 1.82) is 0 Å². The van der Waals surface area contributed by atoms with Crippen LogP contribution < -0.4 is 51.0 Å². The van der Waals surface area contributed by atoms with Crippen LogP contribution in [0, 0.1) is 0 Å². The molecule has 0 aromatic heterocycles. The average Bonchev–Trinajstić information content (AvgIpc) is 3.65. The van der Waals surface area contributed by atoms with Crippen molar-refractivity contribution in [3.05, 3.63) is 113 Å². The van der Waals surface area contributed by atoms with Crippen molar-refractivity contribution in [3.8, 4) is 17.2 Å². The molecule has 5 atom stereocenters. The van der Waals surface area contributed by atoms with E-state index in [-0.39, 0.29) is 66.7 Å². The molecule has 0 bridgehead atoms. The van der Waals surface area contributed by atoms with E-state index < -0.39 is 51.3 Å². The molecular weight excluding hydrogens is 935 g/mol. The van der Waals surface area contributed by atoms with E-state index in [1.165, 1.54) is 38.0 Å². The number of allylic oxidation sites excluding steroid dienone is 1. The van der Waals surface area contributed by atoms with Gasteiger partial charge in [0, 0.05) is 48.1 Å². The number of fused-ring (bicyclic) bond motifs is 4. The Kier molecular flexibility index (Phi) is 17.5. The SMILES string of the molecule is C=C(C)NC(=O)c1ccc(OCc2cc(COc3cc4c(cc3OC)C(=O)N3c5ccccc5C[C@H]3C(S(=O)(=O)O)N4)cc(NC(=O)[C@H](C)NC(=O)[C@H](C)NC(=O)CCCCC=O)c2)cc1NC(C)CC. The van der Waals surface area contributed by atoms with Crippen LogP contribution in [0.25, 0.3) is 0 Å². The van der Waals surface area contributed by atoms with Gasteiger partial charge in [0.15, 0.2) is 16.9 Å². The minimum absolute atomic E-state index is 0.0251. The number of ether oxygens (including phenoxy) is 3. The smallest absolute Gasteiger partial charge is 0.288 e. The second kappa shape index (κ2) is 23.4. The minimum atomic E-state index is -4.76. The van der Waals surface area contributed by atoms with Gasteiger partial charge in [-0.2, -0.15) is 8.42 Å². The molecule has 2 unspecified atom stereocenters. The number of carbonyl (C=O) groups is 6. The van der Waals surface area contributed by atoms with Crippen LogP contribution in [0.1, 0.15) is 104 Å². The molecule has 0 fully saturated rings. The molecule has 0 radical (unpaired) electrons. The lowest BCUT2D eigenvalue weighted by molar-refractivity contribution is -0.130. The van der Waals surface area contributed by atoms with E-state index in [2.05, 4.69) is 38.5 Å². The van der Waals surface area contributed by atoms with Crippen LogP contribution in [0.5, 0.6) is 17.2 Å². The first-order valence-electron chi connectivity index (χ1n) is 23.3. The van der Waals surface area contributed by atoms with Crippen molar-refractivity contribution < 1.29 is 55.9 Å². The van der Waals surface area contributed by atoms with Gasteiger partial charge in [0.05, 0.1) is 35.7 Å². The Morgan fingerprint density at radius 1 is 0.915 bits per heavy atom. The molecule has 71 heavy (non-hydrogen) atoms. The predicted molar refractivity (Wildman–Crippen MR) is 268 cm³/mol. The lowest BCUT2D eigenvalue weighted by Crippen LogP contribution is -2.50. The highest BCUT2D eigenvalue weighted by molar-refractivity contribution is 7.86. The van der Waals surface area contributed by atoms with Gasteiger partial charge in [-0.25, -0.2) is 0 Å². The van der Waals surface area contributed by atoms with Crippen molar-refractivity contribution in [2.24, 2.45) is 0 Å². The summed E-state index contributed by atoms with van der Waals surface area (Å²) < 4.78 is 54.5. The third kappa shape index (κ3) is 13.5. The number of hydrogen-bond donors (Lipinski definition) is 7. The maximum atomic E-state index is 14.2. The summed E-state index contributed by atoms with van der Waals surface area (Å²) in [5.74, 6) is -1.69. The van der Waals surface area contributed by atoms with Gasteiger partial charge in [-0.1, -0.05) is 31.7 Å². The number of carbonyl (C=O) groups excluding carboxylic acids is 6. The Morgan fingerprint density at radius 2 is 1.62 bits per heavy atom. The summed E-state index contributed by atoms with van der Waals surface area (Å²) in [7, 11) is -3.37. The second-order valence-corrected chi connectivity index (χ2v) is 19.2. The van der Waals surface area contributed by atoms with E-state index in [0.29, 0.717) is 64.5 Å². The summed E-state index contributed by atoms with van der Waals surface area (Å²) in [6.45, 7) is 12.3. The summed E-state index contributed by atoms with van der Waals surface area (Å²) in [4.78, 5) is 78.3. The van der Waals surface area contributed by atoms with Gasteiger partial charge in [-0.3, -0.25) is 28.5 Å². The molecule has 2 aliphatic rings. The van der Waals surface area contributed by atoms with Gasteiger partial charge >= 0.3 is 0 Å². The number of aldehydes is 1. The number of nitrogens with zero attached hydrogens (tertiary/aromatic N) is 1. The molecule has 4 aromatic rings. The molecule has 0 saturated heterocycles. The van der Waals surface area contributed by atoms with Gasteiger partial charge in [-0.05, 0) is 113 Å². The number of para-hydroxylation sites is 1. The molecular formula is C51H61N7O12S. The Labute approximate surface area is 413 Å². The van der Waals surface area contributed by atoms with Gasteiger partial charge in [0.1, 0.15) is 37.3 Å². The van der Waals surface area contributed by atoms with E-state index in [0.717, 1.165) is 18.3 Å². The molecule has 19 nitrogen and oxygen atoms in total. The minimum Gasteiger partial charge on any atom is -0.493 e. The maximum absolute atomic E-state index is 14.2. The molecule has 5 amide bonds. The summed E-state index contributed by atoms with van der Waals surface area (Å²) in [5, 5.41) is 15.5. The first-order valence-corrected chi connectivity index (χ1v) is 24.8. The lowest BCUT2D eigenvalue weighted by atomic mass is 10.1.